The zero-order valence-electron chi connectivity index (χ0n) is 9.61. The van der Waals surface area contributed by atoms with E-state index in [0.29, 0.717) is 5.41 Å². The van der Waals surface area contributed by atoms with Gasteiger partial charge in [0, 0.05) is 10.7 Å². The number of alkyl halides is 2. The monoisotopic (exact) mass is 332 g/mol. The Morgan fingerprint density at radius 1 is 1.00 bits per heavy atom. The molecule has 0 fully saturated rings. The molecule has 0 amide bonds. The third-order valence-electron chi connectivity index (χ3n) is 2.56. The van der Waals surface area contributed by atoms with Crippen molar-refractivity contribution in [3.8, 4) is 0 Å². The number of hydrogen-bond donors (Lipinski definition) is 0. The standard InChI is InChI=1S/C13H18Br2/c1-10-4-11(2)6-12(5-10)7-13(3,8-14)9-15/h4-6H,7-9H2,1-3H3. The highest BCUT2D eigenvalue weighted by atomic mass is 79.9. The van der Waals surface area contributed by atoms with Crippen molar-refractivity contribution in [2.75, 3.05) is 10.7 Å². The number of halogens is 2. The molecule has 2 heteroatoms. The molecule has 0 atom stereocenters. The molecular weight excluding hydrogens is 316 g/mol. The summed E-state index contributed by atoms with van der Waals surface area (Å²) in [5, 5.41) is 2.05. The summed E-state index contributed by atoms with van der Waals surface area (Å²) in [6.45, 7) is 6.63. The second-order valence-corrected chi connectivity index (χ2v) is 5.87. The van der Waals surface area contributed by atoms with Crippen LogP contribution in [0.25, 0.3) is 0 Å². The van der Waals surface area contributed by atoms with Gasteiger partial charge in [-0.3, -0.25) is 0 Å². The van der Waals surface area contributed by atoms with Gasteiger partial charge in [-0.05, 0) is 31.2 Å². The Hall–Kier alpha value is 0.180. The third-order valence-corrected chi connectivity index (χ3v) is 5.27. The number of hydrogen-bond acceptors (Lipinski definition) is 0. The molecule has 0 nitrogen and oxygen atoms in total. The molecule has 0 heterocycles. The van der Waals surface area contributed by atoms with Crippen LogP contribution in [0.1, 0.15) is 23.6 Å². The van der Waals surface area contributed by atoms with Crippen molar-refractivity contribution in [3.63, 3.8) is 0 Å². The second kappa shape index (κ2) is 5.49. The Balaban J connectivity index is 2.88. The van der Waals surface area contributed by atoms with E-state index in [2.05, 4.69) is 70.8 Å². The maximum Gasteiger partial charge on any atom is 0.00965 e. The average molecular weight is 334 g/mol. The summed E-state index contributed by atoms with van der Waals surface area (Å²) in [6, 6.07) is 6.80. The normalized spacial score (nSPS) is 11.8. The molecule has 0 saturated heterocycles. The Bertz CT molecular complexity index is 307. The van der Waals surface area contributed by atoms with Gasteiger partial charge in [-0.1, -0.05) is 68.1 Å². The summed E-state index contributed by atoms with van der Waals surface area (Å²) in [5.41, 5.74) is 4.46. The molecule has 0 aromatic heterocycles. The molecule has 1 rings (SSSR count). The van der Waals surface area contributed by atoms with E-state index in [-0.39, 0.29) is 0 Å². The minimum atomic E-state index is 0.306. The highest BCUT2D eigenvalue weighted by molar-refractivity contribution is 9.09. The molecule has 1 aromatic carbocycles. The second-order valence-electron chi connectivity index (χ2n) is 4.75. The predicted octanol–water partition coefficient (Wildman–Crippen LogP) is 4.64. The number of aryl methyl sites for hydroxylation is 2. The first-order valence-electron chi connectivity index (χ1n) is 5.18. The Morgan fingerprint density at radius 2 is 1.47 bits per heavy atom. The van der Waals surface area contributed by atoms with E-state index in [0.717, 1.165) is 17.1 Å². The van der Waals surface area contributed by atoms with Gasteiger partial charge in [0.15, 0.2) is 0 Å². The topological polar surface area (TPSA) is 0 Å². The van der Waals surface area contributed by atoms with Crippen LogP contribution in [0.2, 0.25) is 0 Å². The van der Waals surface area contributed by atoms with Crippen LogP contribution in [0.5, 0.6) is 0 Å². The van der Waals surface area contributed by atoms with Crippen LogP contribution in [0.4, 0.5) is 0 Å². The van der Waals surface area contributed by atoms with Crippen LogP contribution in [0, 0.1) is 19.3 Å². The van der Waals surface area contributed by atoms with E-state index in [4.69, 9.17) is 0 Å². The molecule has 0 aliphatic rings. The fourth-order valence-corrected chi connectivity index (χ4v) is 3.12. The Morgan fingerprint density at radius 3 is 1.87 bits per heavy atom. The molecule has 0 unspecified atom stereocenters. The van der Waals surface area contributed by atoms with Gasteiger partial charge in [0.1, 0.15) is 0 Å². The lowest BCUT2D eigenvalue weighted by atomic mass is 9.87. The van der Waals surface area contributed by atoms with Crippen molar-refractivity contribution >= 4 is 31.9 Å². The van der Waals surface area contributed by atoms with Crippen LogP contribution < -0.4 is 0 Å². The molecule has 1 aromatic rings. The van der Waals surface area contributed by atoms with Crippen molar-refractivity contribution in [1.29, 1.82) is 0 Å². The number of rotatable bonds is 4. The molecule has 0 aliphatic heterocycles. The summed E-state index contributed by atoms with van der Waals surface area (Å²) >= 11 is 7.19. The highest BCUT2D eigenvalue weighted by Gasteiger charge is 2.22. The zero-order valence-corrected chi connectivity index (χ0v) is 12.8. The first-order chi connectivity index (χ1) is 6.99. The molecule has 0 saturated carbocycles. The molecule has 0 radical (unpaired) electrons. The van der Waals surface area contributed by atoms with Gasteiger partial charge in [-0.2, -0.15) is 0 Å². The fourth-order valence-electron chi connectivity index (χ4n) is 1.79. The Kier molecular flexibility index (Phi) is 4.85. The van der Waals surface area contributed by atoms with Crippen LogP contribution in [0.3, 0.4) is 0 Å². The smallest absolute Gasteiger partial charge is 0.00965 e. The van der Waals surface area contributed by atoms with Gasteiger partial charge < -0.3 is 0 Å². The summed E-state index contributed by atoms with van der Waals surface area (Å²) in [6.07, 6.45) is 1.12. The minimum absolute atomic E-state index is 0.306. The first kappa shape index (κ1) is 13.2. The van der Waals surface area contributed by atoms with Crippen molar-refractivity contribution in [1.82, 2.24) is 0 Å². The minimum Gasteiger partial charge on any atom is -0.0922 e. The molecule has 0 aliphatic carbocycles. The molecule has 15 heavy (non-hydrogen) atoms. The molecular formula is C13H18Br2. The summed E-state index contributed by atoms with van der Waals surface area (Å²) in [7, 11) is 0. The fraction of sp³-hybridized carbons (Fsp3) is 0.538. The summed E-state index contributed by atoms with van der Waals surface area (Å²) < 4.78 is 0. The van der Waals surface area contributed by atoms with Crippen molar-refractivity contribution in [2.45, 2.75) is 27.2 Å². The maximum absolute atomic E-state index is 3.60. The van der Waals surface area contributed by atoms with Crippen molar-refractivity contribution < 1.29 is 0 Å². The lowest BCUT2D eigenvalue weighted by Crippen LogP contribution is -2.23. The average Bonchev–Trinajstić information content (AvgIpc) is 2.16. The van der Waals surface area contributed by atoms with E-state index in [1.807, 2.05) is 0 Å². The predicted molar refractivity (Wildman–Crippen MR) is 75.3 cm³/mol. The van der Waals surface area contributed by atoms with Crippen molar-refractivity contribution in [3.05, 3.63) is 34.9 Å². The van der Waals surface area contributed by atoms with Crippen LogP contribution in [-0.4, -0.2) is 10.7 Å². The largest absolute Gasteiger partial charge is 0.0922 e. The lowest BCUT2D eigenvalue weighted by Gasteiger charge is -2.25. The van der Waals surface area contributed by atoms with E-state index < -0.39 is 0 Å². The maximum atomic E-state index is 3.60. The van der Waals surface area contributed by atoms with E-state index in [1.165, 1.54) is 16.7 Å². The Labute approximate surface area is 110 Å². The summed E-state index contributed by atoms with van der Waals surface area (Å²) in [4.78, 5) is 0. The lowest BCUT2D eigenvalue weighted by molar-refractivity contribution is 0.438. The summed E-state index contributed by atoms with van der Waals surface area (Å²) in [5.74, 6) is 0. The van der Waals surface area contributed by atoms with E-state index in [1.54, 1.807) is 0 Å². The SMILES string of the molecule is Cc1cc(C)cc(CC(C)(CBr)CBr)c1. The van der Waals surface area contributed by atoms with Crippen LogP contribution in [-0.2, 0) is 6.42 Å². The van der Waals surface area contributed by atoms with Gasteiger partial charge in [-0.15, -0.1) is 0 Å². The highest BCUT2D eigenvalue weighted by Crippen LogP contribution is 2.28. The first-order valence-corrected chi connectivity index (χ1v) is 7.42. The van der Waals surface area contributed by atoms with Gasteiger partial charge in [0.05, 0.1) is 0 Å². The molecule has 0 bridgehead atoms. The third kappa shape index (κ3) is 3.92. The van der Waals surface area contributed by atoms with Gasteiger partial charge >= 0.3 is 0 Å². The molecule has 84 valence electrons. The van der Waals surface area contributed by atoms with Crippen LogP contribution in [0.15, 0.2) is 18.2 Å². The number of benzene rings is 1. The zero-order chi connectivity index (χ0) is 11.5. The molecule has 0 N–H and O–H groups in total. The van der Waals surface area contributed by atoms with Crippen LogP contribution >= 0.6 is 31.9 Å². The van der Waals surface area contributed by atoms with Gasteiger partial charge in [0.25, 0.3) is 0 Å². The van der Waals surface area contributed by atoms with Gasteiger partial charge in [-0.25, -0.2) is 0 Å². The van der Waals surface area contributed by atoms with E-state index in [9.17, 15) is 0 Å². The van der Waals surface area contributed by atoms with Gasteiger partial charge in [0.2, 0.25) is 0 Å². The molecule has 0 spiro atoms. The van der Waals surface area contributed by atoms with E-state index >= 15 is 0 Å². The van der Waals surface area contributed by atoms with Crippen molar-refractivity contribution in [2.24, 2.45) is 5.41 Å². The quantitative estimate of drug-likeness (QED) is 0.704.